The number of aryl methyl sites for hydroxylation is 1. The summed E-state index contributed by atoms with van der Waals surface area (Å²) in [7, 11) is 0. The van der Waals surface area contributed by atoms with Gasteiger partial charge in [0.2, 0.25) is 0 Å². The van der Waals surface area contributed by atoms with Gasteiger partial charge in [0.15, 0.2) is 0 Å². The van der Waals surface area contributed by atoms with E-state index in [0.29, 0.717) is 11.6 Å². The number of carbonyl (C=O) groups is 2. The van der Waals surface area contributed by atoms with Gasteiger partial charge in [0.05, 0.1) is 12.5 Å². The maximum atomic E-state index is 12.6. The molecule has 0 bridgehead atoms. The molecule has 1 aromatic carbocycles. The van der Waals surface area contributed by atoms with Crippen LogP contribution in [0.3, 0.4) is 0 Å². The molecule has 154 valence electrons. The van der Waals surface area contributed by atoms with Crippen molar-refractivity contribution in [1.29, 1.82) is 0 Å². The van der Waals surface area contributed by atoms with Gasteiger partial charge in [-0.2, -0.15) is 0 Å². The second-order valence-electron chi connectivity index (χ2n) is 7.19. The number of nitrogens with zero attached hydrogens (tertiary/aromatic N) is 2. The molecule has 1 aliphatic rings. The van der Waals surface area contributed by atoms with Gasteiger partial charge in [-0.15, -0.1) is 0 Å². The average Bonchev–Trinajstić information content (AvgIpc) is 3.52. The van der Waals surface area contributed by atoms with Crippen LogP contribution in [0.15, 0.2) is 30.5 Å². The first-order valence-corrected chi connectivity index (χ1v) is 9.50. The number of alkyl halides is 2. The normalized spacial score (nSPS) is 14.5. The SMILES string of the molecule is Cc1cc(OCC(F)F)ccc1C(C)NC(=O)c1ccnc(CC(=O)C2CC2)n1. The fourth-order valence-corrected chi connectivity index (χ4v) is 3.05. The molecule has 8 heteroatoms. The highest BCUT2D eigenvalue weighted by molar-refractivity contribution is 5.92. The van der Waals surface area contributed by atoms with Crippen molar-refractivity contribution in [3.63, 3.8) is 0 Å². The minimum atomic E-state index is -2.54. The van der Waals surface area contributed by atoms with E-state index < -0.39 is 13.0 Å². The summed E-state index contributed by atoms with van der Waals surface area (Å²) in [6.45, 7) is 2.97. The first-order chi connectivity index (χ1) is 13.8. The zero-order valence-electron chi connectivity index (χ0n) is 16.3. The number of hydrogen-bond donors (Lipinski definition) is 1. The van der Waals surface area contributed by atoms with Crippen LogP contribution in [0, 0.1) is 12.8 Å². The Morgan fingerprint density at radius 3 is 2.69 bits per heavy atom. The van der Waals surface area contributed by atoms with E-state index >= 15 is 0 Å². The molecule has 1 aliphatic carbocycles. The molecule has 0 aliphatic heterocycles. The van der Waals surface area contributed by atoms with E-state index in [-0.39, 0.29) is 35.8 Å². The average molecular weight is 403 g/mol. The first-order valence-electron chi connectivity index (χ1n) is 9.50. The standard InChI is InChI=1S/C21H23F2N3O3/c1-12-9-15(29-11-19(22)23)5-6-16(12)13(2)25-21(28)17-7-8-24-20(26-17)10-18(27)14-3-4-14/h5-9,13-14,19H,3-4,10-11H2,1-2H3,(H,25,28). The highest BCUT2D eigenvalue weighted by Gasteiger charge is 2.30. The maximum Gasteiger partial charge on any atom is 0.272 e. The third-order valence-electron chi connectivity index (χ3n) is 4.73. The Kier molecular flexibility index (Phi) is 6.51. The molecule has 2 aromatic rings. The number of nitrogens with one attached hydrogen (secondary N) is 1. The minimum Gasteiger partial charge on any atom is -0.488 e. The summed E-state index contributed by atoms with van der Waals surface area (Å²) in [5.74, 6) is 0.551. The third-order valence-corrected chi connectivity index (χ3v) is 4.73. The molecule has 1 atom stereocenters. The second kappa shape index (κ2) is 9.07. The van der Waals surface area contributed by atoms with Crippen LogP contribution in [0.25, 0.3) is 0 Å². The zero-order chi connectivity index (χ0) is 21.0. The second-order valence-corrected chi connectivity index (χ2v) is 7.19. The number of amides is 1. The smallest absolute Gasteiger partial charge is 0.272 e. The molecule has 1 N–H and O–H groups in total. The first kappa shape index (κ1) is 20.8. The van der Waals surface area contributed by atoms with Gasteiger partial charge in [-0.3, -0.25) is 9.59 Å². The van der Waals surface area contributed by atoms with Gasteiger partial charge >= 0.3 is 0 Å². The predicted octanol–water partition coefficient (Wildman–Crippen LogP) is 3.44. The highest BCUT2D eigenvalue weighted by atomic mass is 19.3. The minimum absolute atomic E-state index is 0.112. The number of benzene rings is 1. The van der Waals surface area contributed by atoms with Crippen molar-refractivity contribution >= 4 is 11.7 Å². The molecule has 1 aromatic heterocycles. The lowest BCUT2D eigenvalue weighted by molar-refractivity contribution is -0.119. The van der Waals surface area contributed by atoms with Crippen molar-refractivity contribution in [1.82, 2.24) is 15.3 Å². The monoisotopic (exact) mass is 403 g/mol. The van der Waals surface area contributed by atoms with E-state index in [4.69, 9.17) is 4.74 Å². The largest absolute Gasteiger partial charge is 0.488 e. The molecule has 1 fully saturated rings. The number of ketones is 1. The molecule has 1 amide bonds. The van der Waals surface area contributed by atoms with Gasteiger partial charge in [0.25, 0.3) is 12.3 Å². The van der Waals surface area contributed by atoms with E-state index in [1.807, 2.05) is 13.8 Å². The van der Waals surface area contributed by atoms with Crippen molar-refractivity contribution in [2.45, 2.75) is 45.6 Å². The molecular weight excluding hydrogens is 380 g/mol. The molecular formula is C21H23F2N3O3. The van der Waals surface area contributed by atoms with E-state index in [0.717, 1.165) is 24.0 Å². The number of aromatic nitrogens is 2. The van der Waals surface area contributed by atoms with Crippen molar-refractivity contribution in [3.8, 4) is 5.75 Å². The third kappa shape index (κ3) is 5.79. The fraction of sp³-hybridized carbons (Fsp3) is 0.429. The van der Waals surface area contributed by atoms with Crippen LogP contribution in [-0.4, -0.2) is 34.7 Å². The van der Waals surface area contributed by atoms with E-state index in [1.54, 1.807) is 18.2 Å². The fourth-order valence-electron chi connectivity index (χ4n) is 3.05. The lowest BCUT2D eigenvalue weighted by Crippen LogP contribution is -2.28. The topological polar surface area (TPSA) is 81.2 Å². The van der Waals surface area contributed by atoms with E-state index in [2.05, 4.69) is 15.3 Å². The molecule has 0 radical (unpaired) electrons. The summed E-state index contributed by atoms with van der Waals surface area (Å²) in [6, 6.07) is 6.16. The van der Waals surface area contributed by atoms with Crippen molar-refractivity contribution in [3.05, 3.63) is 53.1 Å². The number of halogens is 2. The van der Waals surface area contributed by atoms with Crippen molar-refractivity contribution in [2.24, 2.45) is 5.92 Å². The summed E-state index contributed by atoms with van der Waals surface area (Å²) in [5, 5.41) is 2.86. The molecule has 1 saturated carbocycles. The Morgan fingerprint density at radius 1 is 1.28 bits per heavy atom. The summed E-state index contributed by atoms with van der Waals surface area (Å²) in [5.41, 5.74) is 1.84. The molecule has 3 rings (SSSR count). The number of rotatable bonds is 9. The van der Waals surface area contributed by atoms with Crippen LogP contribution < -0.4 is 10.1 Å². The van der Waals surface area contributed by atoms with Gasteiger partial charge in [-0.25, -0.2) is 18.7 Å². The quantitative estimate of drug-likeness (QED) is 0.694. The zero-order valence-corrected chi connectivity index (χ0v) is 16.3. The number of ether oxygens (including phenoxy) is 1. The highest BCUT2D eigenvalue weighted by Crippen LogP contribution is 2.30. The van der Waals surface area contributed by atoms with Gasteiger partial charge in [-0.1, -0.05) is 6.07 Å². The Bertz CT molecular complexity index is 900. The van der Waals surface area contributed by atoms with Crippen molar-refractivity contribution < 1.29 is 23.1 Å². The van der Waals surface area contributed by atoms with Crippen LogP contribution in [0.1, 0.15) is 53.2 Å². The molecule has 1 heterocycles. The van der Waals surface area contributed by atoms with Crippen LogP contribution in [0.4, 0.5) is 8.78 Å². The Morgan fingerprint density at radius 2 is 2.03 bits per heavy atom. The lowest BCUT2D eigenvalue weighted by Gasteiger charge is -2.17. The Balaban J connectivity index is 1.63. The van der Waals surface area contributed by atoms with Crippen LogP contribution >= 0.6 is 0 Å². The lowest BCUT2D eigenvalue weighted by atomic mass is 10.0. The maximum absolute atomic E-state index is 12.6. The number of Topliss-reactive ketones (excluding diaryl/α,β-unsaturated/α-hetero) is 1. The van der Waals surface area contributed by atoms with E-state index in [1.165, 1.54) is 12.3 Å². The van der Waals surface area contributed by atoms with Gasteiger partial charge in [0.1, 0.15) is 29.7 Å². The summed E-state index contributed by atoms with van der Waals surface area (Å²) >= 11 is 0. The van der Waals surface area contributed by atoms with Crippen LogP contribution in [0.5, 0.6) is 5.75 Å². The van der Waals surface area contributed by atoms with Gasteiger partial charge in [0, 0.05) is 12.1 Å². The molecule has 1 unspecified atom stereocenters. The van der Waals surface area contributed by atoms with Gasteiger partial charge in [-0.05, 0) is 56.0 Å². The molecule has 6 nitrogen and oxygen atoms in total. The van der Waals surface area contributed by atoms with Gasteiger partial charge < -0.3 is 10.1 Å². The molecule has 29 heavy (non-hydrogen) atoms. The number of hydrogen-bond acceptors (Lipinski definition) is 5. The molecule has 0 saturated heterocycles. The number of carbonyl (C=O) groups excluding carboxylic acids is 2. The van der Waals surface area contributed by atoms with E-state index in [9.17, 15) is 18.4 Å². The summed E-state index contributed by atoms with van der Waals surface area (Å²) < 4.78 is 29.6. The Labute approximate surface area is 167 Å². The van der Waals surface area contributed by atoms with Crippen LogP contribution in [0.2, 0.25) is 0 Å². The summed E-state index contributed by atoms with van der Waals surface area (Å²) in [6.07, 6.45) is 0.915. The molecule has 0 spiro atoms. The van der Waals surface area contributed by atoms with Crippen LogP contribution in [-0.2, 0) is 11.2 Å². The summed E-state index contributed by atoms with van der Waals surface area (Å²) in [4.78, 5) is 32.8. The Hall–Kier alpha value is -2.90. The van der Waals surface area contributed by atoms with Crippen molar-refractivity contribution in [2.75, 3.05) is 6.61 Å². The predicted molar refractivity (Wildman–Crippen MR) is 102 cm³/mol.